The van der Waals surface area contributed by atoms with Crippen LogP contribution in [-0.2, 0) is 4.43 Å². The Hall–Kier alpha value is -0.643. The van der Waals surface area contributed by atoms with E-state index in [-0.39, 0.29) is 6.23 Å². The molecule has 1 aromatic rings. The van der Waals surface area contributed by atoms with Gasteiger partial charge in [-0.2, -0.15) is 0 Å². The molecule has 0 bridgehead atoms. The molecular weight excluding hydrogens is 166 g/mol. The van der Waals surface area contributed by atoms with Crippen LogP contribution in [0.1, 0.15) is 11.8 Å². The summed E-state index contributed by atoms with van der Waals surface area (Å²) in [5.41, 5.74) is 6.86. The van der Waals surface area contributed by atoms with Crippen molar-refractivity contribution in [2.45, 2.75) is 19.3 Å². The Morgan fingerprint density at radius 2 is 1.83 bits per heavy atom. The fourth-order valence-electron chi connectivity index (χ4n) is 1.01. The lowest BCUT2D eigenvalue weighted by Gasteiger charge is -2.15. The highest BCUT2D eigenvalue weighted by Crippen LogP contribution is 2.11. The molecule has 0 aliphatic carbocycles. The molecule has 1 atom stereocenters. The van der Waals surface area contributed by atoms with E-state index in [2.05, 4.69) is 13.1 Å². The molecule has 0 spiro atoms. The van der Waals surface area contributed by atoms with Crippen LogP contribution in [0.15, 0.2) is 30.3 Å². The maximum absolute atomic E-state index is 5.81. The first kappa shape index (κ1) is 9.44. The zero-order valence-corrected chi connectivity index (χ0v) is 8.68. The Morgan fingerprint density at radius 3 is 2.33 bits per heavy atom. The molecule has 1 aromatic carbocycles. The van der Waals surface area contributed by atoms with Crippen molar-refractivity contribution < 1.29 is 4.43 Å². The smallest absolute Gasteiger partial charge is 0.173 e. The van der Waals surface area contributed by atoms with Crippen LogP contribution in [-0.4, -0.2) is 9.04 Å². The van der Waals surface area contributed by atoms with Crippen LogP contribution >= 0.6 is 0 Å². The molecule has 66 valence electrons. The summed E-state index contributed by atoms with van der Waals surface area (Å²) >= 11 is 0. The third kappa shape index (κ3) is 2.77. The zero-order valence-electron chi connectivity index (χ0n) is 7.53. The topological polar surface area (TPSA) is 35.2 Å². The highest BCUT2D eigenvalue weighted by Gasteiger charge is 2.06. The Morgan fingerprint density at radius 1 is 1.25 bits per heavy atom. The van der Waals surface area contributed by atoms with E-state index in [0.29, 0.717) is 0 Å². The number of hydrogen-bond donors (Lipinski definition) is 1. The molecule has 0 fully saturated rings. The van der Waals surface area contributed by atoms with Crippen LogP contribution in [0.2, 0.25) is 13.1 Å². The minimum absolute atomic E-state index is 0.238. The van der Waals surface area contributed by atoms with Crippen molar-refractivity contribution in [1.29, 1.82) is 0 Å². The van der Waals surface area contributed by atoms with Crippen LogP contribution in [0.3, 0.4) is 0 Å². The molecular formula is C9H15NOSi. The molecule has 0 saturated carbocycles. The molecule has 0 aromatic heterocycles. The molecule has 0 saturated heterocycles. The quantitative estimate of drug-likeness (QED) is 0.568. The largest absolute Gasteiger partial charge is 0.402 e. The maximum Gasteiger partial charge on any atom is 0.173 e. The van der Waals surface area contributed by atoms with Gasteiger partial charge in [-0.25, -0.2) is 0 Å². The van der Waals surface area contributed by atoms with Gasteiger partial charge in [0, 0.05) is 0 Å². The van der Waals surface area contributed by atoms with Crippen molar-refractivity contribution in [3.8, 4) is 0 Å². The van der Waals surface area contributed by atoms with Gasteiger partial charge in [0.05, 0.1) is 0 Å². The van der Waals surface area contributed by atoms with Gasteiger partial charge < -0.3 is 10.2 Å². The molecule has 0 amide bonds. The third-order valence-electron chi connectivity index (χ3n) is 1.55. The summed E-state index contributed by atoms with van der Waals surface area (Å²) in [5.74, 6) is 0. The number of nitrogens with two attached hydrogens (primary N) is 1. The van der Waals surface area contributed by atoms with Gasteiger partial charge in [0.25, 0.3) is 0 Å². The summed E-state index contributed by atoms with van der Waals surface area (Å²) in [4.78, 5) is 0. The number of hydrogen-bond acceptors (Lipinski definition) is 2. The van der Waals surface area contributed by atoms with Crippen molar-refractivity contribution in [3.63, 3.8) is 0 Å². The summed E-state index contributed by atoms with van der Waals surface area (Å²) in [6, 6.07) is 9.90. The van der Waals surface area contributed by atoms with Gasteiger partial charge in [0.15, 0.2) is 9.04 Å². The lowest BCUT2D eigenvalue weighted by molar-refractivity contribution is 0.218. The van der Waals surface area contributed by atoms with Crippen molar-refractivity contribution in [2.24, 2.45) is 5.73 Å². The van der Waals surface area contributed by atoms with E-state index >= 15 is 0 Å². The molecule has 1 rings (SSSR count). The molecule has 0 radical (unpaired) electrons. The minimum atomic E-state index is -1.02. The second-order valence-corrected chi connectivity index (χ2v) is 5.39. The average molecular weight is 181 g/mol. The first-order valence-electron chi connectivity index (χ1n) is 4.16. The van der Waals surface area contributed by atoms with E-state index in [1.165, 1.54) is 0 Å². The van der Waals surface area contributed by atoms with Gasteiger partial charge in [0.2, 0.25) is 0 Å². The van der Waals surface area contributed by atoms with Gasteiger partial charge in [-0.05, 0) is 18.7 Å². The van der Waals surface area contributed by atoms with Crippen LogP contribution in [0.4, 0.5) is 0 Å². The SMILES string of the molecule is C[SiH](C)OC(N)c1ccccc1. The summed E-state index contributed by atoms with van der Waals surface area (Å²) < 4.78 is 5.55. The van der Waals surface area contributed by atoms with Crippen LogP contribution < -0.4 is 5.73 Å². The monoisotopic (exact) mass is 181 g/mol. The standard InChI is InChI=1S/C9H15NOSi/c1-12(2)11-9(10)8-6-4-3-5-7-8/h3-7,9,12H,10H2,1-2H3. The van der Waals surface area contributed by atoms with E-state index in [4.69, 9.17) is 10.2 Å². The summed E-state index contributed by atoms with van der Waals surface area (Å²) in [6.07, 6.45) is -0.238. The van der Waals surface area contributed by atoms with Gasteiger partial charge in [0.1, 0.15) is 6.23 Å². The lowest BCUT2D eigenvalue weighted by atomic mass is 10.2. The molecule has 1 unspecified atom stereocenters. The predicted octanol–water partition coefficient (Wildman–Crippen LogP) is 1.64. The van der Waals surface area contributed by atoms with Crippen LogP contribution in [0, 0.1) is 0 Å². The Kier molecular flexibility index (Phi) is 3.46. The molecule has 0 aliphatic heterocycles. The Labute approximate surface area is 75.1 Å². The second-order valence-electron chi connectivity index (χ2n) is 3.02. The molecule has 2 nitrogen and oxygen atoms in total. The van der Waals surface area contributed by atoms with Gasteiger partial charge in [-0.1, -0.05) is 30.3 Å². The second kappa shape index (κ2) is 4.40. The van der Waals surface area contributed by atoms with E-state index < -0.39 is 9.04 Å². The van der Waals surface area contributed by atoms with Crippen LogP contribution in [0.25, 0.3) is 0 Å². The zero-order chi connectivity index (χ0) is 8.97. The number of benzene rings is 1. The first-order chi connectivity index (χ1) is 5.70. The van der Waals surface area contributed by atoms with Crippen molar-refractivity contribution in [1.82, 2.24) is 0 Å². The first-order valence-corrected chi connectivity index (χ1v) is 6.94. The van der Waals surface area contributed by atoms with E-state index in [1.54, 1.807) is 0 Å². The van der Waals surface area contributed by atoms with Gasteiger partial charge >= 0.3 is 0 Å². The number of rotatable bonds is 3. The fourth-order valence-corrected chi connectivity index (χ4v) is 1.76. The van der Waals surface area contributed by atoms with Gasteiger partial charge in [-0.15, -0.1) is 0 Å². The van der Waals surface area contributed by atoms with E-state index in [1.807, 2.05) is 30.3 Å². The van der Waals surface area contributed by atoms with Crippen LogP contribution in [0.5, 0.6) is 0 Å². The highest BCUT2D eigenvalue weighted by molar-refractivity contribution is 6.48. The maximum atomic E-state index is 5.81. The molecule has 0 aliphatic rings. The van der Waals surface area contributed by atoms with Gasteiger partial charge in [-0.3, -0.25) is 0 Å². The summed E-state index contributed by atoms with van der Waals surface area (Å²) in [6.45, 7) is 4.23. The normalized spacial score (nSPS) is 13.3. The van der Waals surface area contributed by atoms with Crippen molar-refractivity contribution in [3.05, 3.63) is 35.9 Å². The Bertz CT molecular complexity index is 225. The summed E-state index contributed by atoms with van der Waals surface area (Å²) in [7, 11) is -1.02. The molecule has 3 heteroatoms. The Balaban J connectivity index is 2.59. The molecule has 2 N–H and O–H groups in total. The lowest BCUT2D eigenvalue weighted by Crippen LogP contribution is -2.20. The van der Waals surface area contributed by atoms with E-state index in [9.17, 15) is 0 Å². The predicted molar refractivity (Wildman–Crippen MR) is 53.3 cm³/mol. The molecule has 12 heavy (non-hydrogen) atoms. The minimum Gasteiger partial charge on any atom is -0.402 e. The van der Waals surface area contributed by atoms with Crippen molar-refractivity contribution in [2.75, 3.05) is 0 Å². The highest BCUT2D eigenvalue weighted by atomic mass is 28.3. The van der Waals surface area contributed by atoms with Crippen molar-refractivity contribution >= 4 is 9.04 Å². The summed E-state index contributed by atoms with van der Waals surface area (Å²) in [5, 5.41) is 0. The average Bonchev–Trinajstić information content (AvgIpc) is 2.05. The third-order valence-corrected chi connectivity index (χ3v) is 2.38. The molecule has 0 heterocycles. The van der Waals surface area contributed by atoms with E-state index in [0.717, 1.165) is 5.56 Å². The fraction of sp³-hybridized carbons (Fsp3) is 0.333.